The van der Waals surface area contributed by atoms with E-state index in [4.69, 9.17) is 4.74 Å². The van der Waals surface area contributed by atoms with Crippen LogP contribution in [0.15, 0.2) is 0 Å². The molecule has 3 radical (unpaired) electrons. The number of hydrogen-bond acceptors (Lipinski definition) is 4. The standard InChI is InChI=1S/C7H14O4.3Ac/c1-3-5(8)7(10)6(9)4(2)11-3;;;/h3-10H,1-2H3;;;/t3-,4?,5?,6-,7?;;;/m0.../s1. The molecule has 0 aromatic rings. The molecule has 1 aliphatic rings. The second kappa shape index (κ2) is 11.0. The van der Waals surface area contributed by atoms with E-state index in [1.165, 1.54) is 0 Å². The first-order chi connectivity index (χ1) is 5.04. The third-order valence-electron chi connectivity index (χ3n) is 2.09. The van der Waals surface area contributed by atoms with Crippen LogP contribution in [0.25, 0.3) is 0 Å². The molecule has 0 spiro atoms. The molecule has 3 unspecified atom stereocenters. The molecule has 0 amide bonds. The van der Waals surface area contributed by atoms with E-state index in [1.54, 1.807) is 13.8 Å². The molecule has 14 heavy (non-hydrogen) atoms. The minimum absolute atomic E-state index is 0. The normalized spacial score (nSPS) is 41.4. The number of ether oxygens (including phenoxy) is 1. The summed E-state index contributed by atoms with van der Waals surface area (Å²) in [6.45, 7) is 3.33. The molecule has 7 heteroatoms. The maximum absolute atomic E-state index is 9.21. The maximum Gasteiger partial charge on any atom is 0.111 e. The van der Waals surface area contributed by atoms with E-state index in [9.17, 15) is 15.3 Å². The van der Waals surface area contributed by atoms with Crippen molar-refractivity contribution in [2.45, 2.75) is 44.4 Å². The van der Waals surface area contributed by atoms with E-state index < -0.39 is 30.5 Å². The van der Waals surface area contributed by atoms with Crippen molar-refractivity contribution < 1.29 is 152 Å². The quantitative estimate of drug-likeness (QED) is 0.290. The van der Waals surface area contributed by atoms with Gasteiger partial charge in [0.05, 0.1) is 12.2 Å². The van der Waals surface area contributed by atoms with E-state index >= 15 is 0 Å². The summed E-state index contributed by atoms with van der Waals surface area (Å²) in [6.07, 6.45) is -3.89. The van der Waals surface area contributed by atoms with E-state index in [1.807, 2.05) is 0 Å². The Labute approximate surface area is 192 Å². The molecule has 1 rings (SSSR count). The van der Waals surface area contributed by atoms with Crippen LogP contribution < -0.4 is 0 Å². The Kier molecular flexibility index (Phi) is 18.3. The van der Waals surface area contributed by atoms with Gasteiger partial charge in [0.15, 0.2) is 0 Å². The minimum Gasteiger partial charge on any atom is -0.388 e. The zero-order valence-corrected chi connectivity index (χ0v) is 22.6. The first kappa shape index (κ1) is 23.3. The van der Waals surface area contributed by atoms with Crippen LogP contribution in [0.5, 0.6) is 0 Å². The first-order valence-electron chi connectivity index (χ1n) is 3.73. The SMILES string of the molecule is CC1O[C@@H](C)C(O)C(O)[C@H]1O.[Ac].[Ac].[Ac]. The summed E-state index contributed by atoms with van der Waals surface area (Å²) in [7, 11) is 0. The predicted octanol–water partition coefficient (Wildman–Crippen LogP) is -1.12. The molecule has 1 saturated heterocycles. The van der Waals surface area contributed by atoms with Crippen LogP contribution in [0.3, 0.4) is 0 Å². The van der Waals surface area contributed by atoms with Crippen molar-refractivity contribution in [1.82, 2.24) is 0 Å². The van der Waals surface area contributed by atoms with Crippen molar-refractivity contribution in [3.8, 4) is 0 Å². The monoisotopic (exact) mass is 843 g/mol. The van der Waals surface area contributed by atoms with Gasteiger partial charge in [0.1, 0.15) is 18.3 Å². The molecule has 0 bridgehead atoms. The average Bonchev–Trinajstić information content (AvgIpc) is 1.97. The van der Waals surface area contributed by atoms with Gasteiger partial charge < -0.3 is 20.1 Å². The van der Waals surface area contributed by atoms with E-state index in [2.05, 4.69) is 0 Å². The van der Waals surface area contributed by atoms with Crippen LogP contribution >= 0.6 is 0 Å². The molecule has 1 aliphatic heterocycles. The van der Waals surface area contributed by atoms with E-state index in [-0.39, 0.29) is 132 Å². The van der Waals surface area contributed by atoms with E-state index in [0.717, 1.165) is 0 Å². The van der Waals surface area contributed by atoms with Crippen molar-refractivity contribution >= 4 is 0 Å². The minimum atomic E-state index is -1.09. The van der Waals surface area contributed by atoms with Gasteiger partial charge in [0.2, 0.25) is 0 Å². The Balaban J connectivity index is -0.000000403. The maximum atomic E-state index is 9.21. The second-order valence-electron chi connectivity index (χ2n) is 3.02. The zero-order chi connectivity index (χ0) is 8.59. The zero-order valence-electron chi connectivity index (χ0n) is 8.37. The molecule has 4 nitrogen and oxygen atoms in total. The molecule has 0 saturated carbocycles. The Bertz CT molecular complexity index is 135. The molecule has 1 fully saturated rings. The van der Waals surface area contributed by atoms with Crippen molar-refractivity contribution in [3.05, 3.63) is 0 Å². The van der Waals surface area contributed by atoms with Crippen LogP contribution in [0.2, 0.25) is 0 Å². The summed E-state index contributed by atoms with van der Waals surface area (Å²) in [6, 6.07) is 0. The van der Waals surface area contributed by atoms with Crippen molar-refractivity contribution in [2.24, 2.45) is 0 Å². The van der Waals surface area contributed by atoms with Crippen LogP contribution in [0, 0.1) is 132 Å². The summed E-state index contributed by atoms with van der Waals surface area (Å²) >= 11 is 0. The number of aliphatic hydroxyl groups is 3. The molecule has 3 N–H and O–H groups in total. The fourth-order valence-corrected chi connectivity index (χ4v) is 1.26. The van der Waals surface area contributed by atoms with Gasteiger partial charge in [-0.3, -0.25) is 0 Å². The fraction of sp³-hybridized carbons (Fsp3) is 1.00. The molecule has 0 aromatic carbocycles. The summed E-state index contributed by atoms with van der Waals surface area (Å²) in [5.74, 6) is 0. The Hall–Kier alpha value is 4.16. The van der Waals surface area contributed by atoms with Crippen LogP contribution in [-0.4, -0.2) is 45.8 Å². The van der Waals surface area contributed by atoms with Crippen molar-refractivity contribution in [2.75, 3.05) is 0 Å². The van der Waals surface area contributed by atoms with E-state index in [0.29, 0.717) is 0 Å². The van der Waals surface area contributed by atoms with Gasteiger partial charge in [-0.25, -0.2) is 0 Å². The van der Waals surface area contributed by atoms with Gasteiger partial charge in [-0.1, -0.05) is 0 Å². The van der Waals surface area contributed by atoms with Gasteiger partial charge in [-0.15, -0.1) is 0 Å². The van der Waals surface area contributed by atoms with Crippen molar-refractivity contribution in [3.63, 3.8) is 0 Å². The third kappa shape index (κ3) is 6.37. The third-order valence-corrected chi connectivity index (χ3v) is 2.09. The topological polar surface area (TPSA) is 69.9 Å². The molecular formula is C7H14Ac3O4. The van der Waals surface area contributed by atoms with Crippen LogP contribution in [0.4, 0.5) is 0 Å². The predicted molar refractivity (Wildman–Crippen MR) is 38.0 cm³/mol. The molecule has 0 aromatic heterocycles. The largest absolute Gasteiger partial charge is 0.388 e. The van der Waals surface area contributed by atoms with Gasteiger partial charge in [0.25, 0.3) is 0 Å². The molecule has 5 atom stereocenters. The summed E-state index contributed by atoms with van der Waals surface area (Å²) in [5.41, 5.74) is 0. The number of rotatable bonds is 0. The molecule has 75 valence electrons. The second-order valence-corrected chi connectivity index (χ2v) is 3.02. The van der Waals surface area contributed by atoms with Crippen molar-refractivity contribution in [1.29, 1.82) is 0 Å². The first-order valence-corrected chi connectivity index (χ1v) is 3.73. The summed E-state index contributed by atoms with van der Waals surface area (Å²) < 4.78 is 5.12. The molecule has 0 aliphatic carbocycles. The van der Waals surface area contributed by atoms with Gasteiger partial charge in [0, 0.05) is 132 Å². The average molecular weight is 843 g/mol. The molecular weight excluding hydrogens is 829 g/mol. The van der Waals surface area contributed by atoms with Gasteiger partial charge >= 0.3 is 0 Å². The number of aliphatic hydroxyl groups excluding tert-OH is 3. The summed E-state index contributed by atoms with van der Waals surface area (Å²) in [4.78, 5) is 0. The Morgan fingerprint density at radius 1 is 0.714 bits per heavy atom. The fourth-order valence-electron chi connectivity index (χ4n) is 1.26. The van der Waals surface area contributed by atoms with Gasteiger partial charge in [-0.2, -0.15) is 0 Å². The summed E-state index contributed by atoms with van der Waals surface area (Å²) in [5, 5.41) is 27.6. The Morgan fingerprint density at radius 2 is 1.00 bits per heavy atom. The number of hydrogen-bond donors (Lipinski definition) is 3. The van der Waals surface area contributed by atoms with Gasteiger partial charge in [-0.05, 0) is 13.8 Å². The Morgan fingerprint density at radius 3 is 1.29 bits per heavy atom. The molecule has 1 heterocycles. The van der Waals surface area contributed by atoms with Crippen LogP contribution in [0.1, 0.15) is 13.8 Å². The smallest absolute Gasteiger partial charge is 0.111 e. The van der Waals surface area contributed by atoms with Crippen LogP contribution in [-0.2, 0) is 4.74 Å².